The molecule has 0 aliphatic carbocycles. The van der Waals surface area contributed by atoms with Crippen LogP contribution in [0.4, 0.5) is 9.52 Å². The van der Waals surface area contributed by atoms with Crippen LogP contribution in [0.25, 0.3) is 10.2 Å². The summed E-state index contributed by atoms with van der Waals surface area (Å²) >= 11 is 1.40. The first-order valence-electron chi connectivity index (χ1n) is 9.19. The maximum Gasteiger partial charge on any atom is 0.306 e. The normalized spacial score (nSPS) is 14.7. The van der Waals surface area contributed by atoms with Gasteiger partial charge in [-0.3, -0.25) is 4.79 Å². The summed E-state index contributed by atoms with van der Waals surface area (Å²) in [6.45, 7) is 1.05. The molecule has 3 aromatic rings. The molecule has 0 spiro atoms. The van der Waals surface area contributed by atoms with Gasteiger partial charge in [0.25, 0.3) is 0 Å². The molecule has 0 bridgehead atoms. The lowest BCUT2D eigenvalue weighted by atomic mass is 10.2. The van der Waals surface area contributed by atoms with Crippen molar-refractivity contribution in [3.63, 3.8) is 0 Å². The Labute approximate surface area is 171 Å². The van der Waals surface area contributed by atoms with Crippen molar-refractivity contribution in [2.45, 2.75) is 23.8 Å². The number of anilines is 1. The first kappa shape index (κ1) is 19.8. The quantitative estimate of drug-likeness (QED) is 0.531. The topological polar surface area (TPSA) is 76.6 Å². The highest BCUT2D eigenvalue weighted by Gasteiger charge is 2.32. The van der Waals surface area contributed by atoms with Crippen LogP contribution in [0.1, 0.15) is 12.8 Å². The predicted octanol–water partition coefficient (Wildman–Crippen LogP) is 3.42. The Morgan fingerprint density at radius 3 is 2.72 bits per heavy atom. The summed E-state index contributed by atoms with van der Waals surface area (Å²) in [5.41, 5.74) is 0.742. The number of fused-ring (bicyclic) bond motifs is 1. The van der Waals surface area contributed by atoms with E-state index in [-0.39, 0.29) is 35.4 Å². The smallest absolute Gasteiger partial charge is 0.306 e. The largest absolute Gasteiger partial charge is 0.459 e. The Balaban J connectivity index is 1.22. The SMILES string of the molecule is O=C(CCCS(=O)(=O)c1ccccc1)OC1CN(c2nc3ccc(F)cc3s2)C1. The molecule has 152 valence electrons. The average Bonchev–Trinajstić information content (AvgIpc) is 3.07. The second-order valence-electron chi connectivity index (χ2n) is 6.86. The fraction of sp³-hybridized carbons (Fsp3) is 0.300. The van der Waals surface area contributed by atoms with Crippen LogP contribution in [-0.2, 0) is 19.4 Å². The minimum Gasteiger partial charge on any atom is -0.459 e. The molecule has 0 unspecified atom stereocenters. The number of halogens is 1. The van der Waals surface area contributed by atoms with Crippen LogP contribution in [0, 0.1) is 5.82 Å². The van der Waals surface area contributed by atoms with Gasteiger partial charge in [-0.25, -0.2) is 17.8 Å². The molecule has 0 N–H and O–H groups in total. The lowest BCUT2D eigenvalue weighted by molar-refractivity contribution is -0.150. The van der Waals surface area contributed by atoms with Crippen LogP contribution in [-0.4, -0.2) is 44.3 Å². The second-order valence-corrected chi connectivity index (χ2v) is 9.98. The van der Waals surface area contributed by atoms with Crippen molar-refractivity contribution >= 4 is 42.5 Å². The van der Waals surface area contributed by atoms with Gasteiger partial charge in [0.1, 0.15) is 11.9 Å². The maximum atomic E-state index is 13.3. The molecule has 1 aromatic heterocycles. The third-order valence-electron chi connectivity index (χ3n) is 4.65. The number of aromatic nitrogens is 1. The number of thiazole rings is 1. The molecule has 6 nitrogen and oxygen atoms in total. The number of carbonyl (C=O) groups excluding carboxylic acids is 1. The van der Waals surface area contributed by atoms with Gasteiger partial charge in [-0.05, 0) is 36.8 Å². The highest BCUT2D eigenvalue weighted by Crippen LogP contribution is 2.32. The van der Waals surface area contributed by atoms with Crippen molar-refractivity contribution in [2.24, 2.45) is 0 Å². The standard InChI is InChI=1S/C20H19FN2O4S2/c21-14-8-9-17-18(11-14)28-20(22-17)23-12-15(13-23)27-19(24)7-4-10-29(25,26)16-5-2-1-3-6-16/h1-3,5-6,8-9,11,15H,4,7,10,12-13H2. The summed E-state index contributed by atoms with van der Waals surface area (Å²) in [5.74, 6) is -0.785. The van der Waals surface area contributed by atoms with E-state index in [2.05, 4.69) is 4.98 Å². The second kappa shape index (κ2) is 8.08. The highest BCUT2D eigenvalue weighted by molar-refractivity contribution is 7.91. The van der Waals surface area contributed by atoms with Gasteiger partial charge in [-0.2, -0.15) is 0 Å². The number of sulfone groups is 1. The number of rotatable bonds is 7. The van der Waals surface area contributed by atoms with E-state index in [1.54, 1.807) is 36.4 Å². The highest BCUT2D eigenvalue weighted by atomic mass is 32.2. The number of carbonyl (C=O) groups is 1. The molecule has 4 rings (SSSR count). The number of ether oxygens (including phenoxy) is 1. The third kappa shape index (κ3) is 4.56. The van der Waals surface area contributed by atoms with Gasteiger partial charge in [0.15, 0.2) is 15.0 Å². The Bertz CT molecular complexity index is 1130. The first-order valence-corrected chi connectivity index (χ1v) is 11.7. The molecule has 2 aromatic carbocycles. The van der Waals surface area contributed by atoms with Gasteiger partial charge in [0.2, 0.25) is 0 Å². The van der Waals surface area contributed by atoms with E-state index < -0.39 is 15.8 Å². The first-order chi connectivity index (χ1) is 13.9. The molecule has 9 heteroatoms. The van der Waals surface area contributed by atoms with Crippen LogP contribution >= 0.6 is 11.3 Å². The molecule has 0 saturated carbocycles. The monoisotopic (exact) mass is 434 g/mol. The van der Waals surface area contributed by atoms with Gasteiger partial charge >= 0.3 is 5.97 Å². The number of hydrogen-bond acceptors (Lipinski definition) is 7. The van der Waals surface area contributed by atoms with E-state index in [0.717, 1.165) is 15.3 Å². The lowest BCUT2D eigenvalue weighted by Gasteiger charge is -2.38. The summed E-state index contributed by atoms with van der Waals surface area (Å²) < 4.78 is 43.9. The molecular weight excluding hydrogens is 415 g/mol. The number of hydrogen-bond donors (Lipinski definition) is 0. The van der Waals surface area contributed by atoms with Crippen molar-refractivity contribution in [3.05, 3.63) is 54.3 Å². The molecule has 0 radical (unpaired) electrons. The minimum absolute atomic E-state index is 0.0585. The van der Waals surface area contributed by atoms with Crippen LogP contribution in [0.5, 0.6) is 0 Å². The molecule has 0 amide bonds. The summed E-state index contributed by atoms with van der Waals surface area (Å²) in [6.07, 6.45) is 0.0378. The lowest BCUT2D eigenvalue weighted by Crippen LogP contribution is -2.53. The Morgan fingerprint density at radius 1 is 1.21 bits per heavy atom. The maximum absolute atomic E-state index is 13.3. The fourth-order valence-electron chi connectivity index (χ4n) is 3.09. The van der Waals surface area contributed by atoms with Crippen LogP contribution < -0.4 is 4.90 Å². The number of benzene rings is 2. The molecule has 0 atom stereocenters. The fourth-order valence-corrected chi connectivity index (χ4v) is 5.43. The Kier molecular flexibility index (Phi) is 5.51. The van der Waals surface area contributed by atoms with Crippen LogP contribution in [0.15, 0.2) is 53.4 Å². The van der Waals surface area contributed by atoms with Crippen molar-refractivity contribution in [3.8, 4) is 0 Å². The van der Waals surface area contributed by atoms with E-state index in [9.17, 15) is 17.6 Å². The Morgan fingerprint density at radius 2 is 1.97 bits per heavy atom. The van der Waals surface area contributed by atoms with Gasteiger partial charge in [-0.15, -0.1) is 0 Å². The number of esters is 1. The summed E-state index contributed by atoms with van der Waals surface area (Å²) in [6, 6.07) is 12.7. The van der Waals surface area contributed by atoms with Crippen LogP contribution in [0.2, 0.25) is 0 Å². The zero-order valence-corrected chi connectivity index (χ0v) is 17.1. The van der Waals surface area contributed by atoms with Crippen molar-refractivity contribution in [1.29, 1.82) is 0 Å². The Hall–Kier alpha value is -2.52. The zero-order chi connectivity index (χ0) is 20.4. The van der Waals surface area contributed by atoms with E-state index in [1.807, 2.05) is 4.90 Å². The third-order valence-corrected chi connectivity index (χ3v) is 7.55. The molecular formula is C20H19FN2O4S2. The van der Waals surface area contributed by atoms with E-state index >= 15 is 0 Å². The summed E-state index contributed by atoms with van der Waals surface area (Å²) in [7, 11) is -3.39. The zero-order valence-electron chi connectivity index (χ0n) is 15.5. The van der Waals surface area contributed by atoms with Gasteiger partial charge in [-0.1, -0.05) is 29.5 Å². The van der Waals surface area contributed by atoms with E-state index in [1.165, 1.54) is 23.5 Å². The predicted molar refractivity (Wildman–Crippen MR) is 109 cm³/mol. The molecule has 1 aliphatic rings. The van der Waals surface area contributed by atoms with Gasteiger partial charge in [0, 0.05) is 6.42 Å². The summed E-state index contributed by atoms with van der Waals surface area (Å²) in [4.78, 5) is 18.7. The number of nitrogens with zero attached hydrogens (tertiary/aromatic N) is 2. The van der Waals surface area contributed by atoms with E-state index in [0.29, 0.717) is 13.1 Å². The molecule has 1 aliphatic heterocycles. The van der Waals surface area contributed by atoms with Crippen molar-refractivity contribution in [1.82, 2.24) is 4.98 Å². The van der Waals surface area contributed by atoms with Crippen LogP contribution in [0.3, 0.4) is 0 Å². The van der Waals surface area contributed by atoms with Gasteiger partial charge < -0.3 is 9.64 Å². The van der Waals surface area contributed by atoms with Gasteiger partial charge in [0.05, 0.1) is 34.0 Å². The molecule has 1 saturated heterocycles. The minimum atomic E-state index is -3.39. The molecule has 1 fully saturated rings. The average molecular weight is 435 g/mol. The van der Waals surface area contributed by atoms with Crippen molar-refractivity contribution in [2.75, 3.05) is 23.7 Å². The molecule has 2 heterocycles. The summed E-state index contributed by atoms with van der Waals surface area (Å²) in [5, 5.41) is 0.770. The van der Waals surface area contributed by atoms with Crippen molar-refractivity contribution < 1.29 is 22.3 Å². The van der Waals surface area contributed by atoms with E-state index in [4.69, 9.17) is 4.74 Å². The molecule has 29 heavy (non-hydrogen) atoms.